The van der Waals surface area contributed by atoms with Crippen LogP contribution >= 0.6 is 0 Å². The molecule has 2 rings (SSSR count). The molecule has 0 bridgehead atoms. The Hall–Kier alpha value is -1.65. The number of hydrogen-bond donors (Lipinski definition) is 1. The van der Waals surface area contributed by atoms with Crippen molar-refractivity contribution < 1.29 is 22.1 Å². The highest BCUT2D eigenvalue weighted by molar-refractivity contribution is 7.89. The molecule has 21 heavy (non-hydrogen) atoms. The Morgan fingerprint density at radius 3 is 2.62 bits per heavy atom. The average molecular weight is 321 g/mol. The van der Waals surface area contributed by atoms with Crippen molar-refractivity contribution in [3.05, 3.63) is 33.9 Å². The lowest BCUT2D eigenvalue weighted by Gasteiger charge is -2.22. The first-order valence-electron chi connectivity index (χ1n) is 6.14. The van der Waals surface area contributed by atoms with Crippen molar-refractivity contribution in [2.24, 2.45) is 5.73 Å². The minimum Gasteiger partial charge on any atom is -0.329 e. The predicted octanol–water partition coefficient (Wildman–Crippen LogP) is 0.985. The summed E-state index contributed by atoms with van der Waals surface area (Å²) in [5.41, 5.74) is 4.39. The molecule has 1 aliphatic rings. The van der Waals surface area contributed by atoms with Gasteiger partial charge in [0.15, 0.2) is 0 Å². The van der Waals surface area contributed by atoms with Gasteiger partial charge in [-0.25, -0.2) is 12.8 Å². The first-order chi connectivity index (χ1) is 9.78. The van der Waals surface area contributed by atoms with Crippen molar-refractivity contribution in [3.8, 4) is 0 Å². The maximum Gasteiger partial charge on any atom is 0.306 e. The normalized spacial score (nSPS) is 19.9. The number of hydrogen-bond acceptors (Lipinski definition) is 5. The highest BCUT2D eigenvalue weighted by Gasteiger charge is 2.37. The van der Waals surface area contributed by atoms with E-state index in [1.54, 1.807) is 0 Å². The van der Waals surface area contributed by atoms with Crippen molar-refractivity contribution in [3.63, 3.8) is 0 Å². The van der Waals surface area contributed by atoms with Gasteiger partial charge in [0.05, 0.1) is 4.92 Å². The van der Waals surface area contributed by atoms with E-state index in [0.29, 0.717) is 18.9 Å². The van der Waals surface area contributed by atoms with Gasteiger partial charge in [-0.15, -0.1) is 0 Å². The maximum atomic E-state index is 13.8. The summed E-state index contributed by atoms with van der Waals surface area (Å²) in [5, 5.41) is 10.7. The van der Waals surface area contributed by atoms with Crippen molar-refractivity contribution in [1.29, 1.82) is 0 Å². The number of benzene rings is 1. The van der Waals surface area contributed by atoms with Crippen LogP contribution < -0.4 is 5.73 Å². The molecule has 0 aromatic heterocycles. The summed E-state index contributed by atoms with van der Waals surface area (Å²) in [4.78, 5) is 8.66. The average Bonchev–Trinajstić information content (AvgIpc) is 2.86. The third kappa shape index (κ3) is 2.74. The molecule has 1 heterocycles. The molecule has 1 atom stereocenters. The van der Waals surface area contributed by atoms with E-state index >= 15 is 0 Å². The molecule has 1 fully saturated rings. The van der Waals surface area contributed by atoms with Crippen molar-refractivity contribution in [2.45, 2.75) is 23.8 Å². The largest absolute Gasteiger partial charge is 0.329 e. The van der Waals surface area contributed by atoms with Gasteiger partial charge in [0.2, 0.25) is 15.8 Å². The molecule has 0 saturated carbocycles. The standard InChI is InChI=1S/C11H13F2N3O4S/c12-8-4-9(13)11(5-10(8)16(17)18)21(19,20)15-3-1-2-7(15)6-14/h4-5,7H,1-3,6,14H2. The lowest BCUT2D eigenvalue weighted by Crippen LogP contribution is -2.40. The number of nitrogens with zero attached hydrogens (tertiary/aromatic N) is 2. The molecule has 1 aromatic rings. The predicted molar refractivity (Wildman–Crippen MR) is 69.0 cm³/mol. The molecule has 0 aliphatic carbocycles. The lowest BCUT2D eigenvalue weighted by molar-refractivity contribution is -0.387. The lowest BCUT2D eigenvalue weighted by atomic mass is 10.2. The van der Waals surface area contributed by atoms with Crippen LogP contribution in [0, 0.1) is 21.7 Å². The Labute approximate surface area is 119 Å². The second kappa shape index (κ2) is 5.62. The SMILES string of the molecule is NCC1CCCN1S(=O)(=O)c1cc([N+](=O)[O-])c(F)cc1F. The van der Waals surface area contributed by atoms with Crippen LogP contribution in [0.4, 0.5) is 14.5 Å². The van der Waals surface area contributed by atoms with Gasteiger partial charge in [0.25, 0.3) is 0 Å². The summed E-state index contributed by atoms with van der Waals surface area (Å²) in [6.45, 7) is 0.207. The van der Waals surface area contributed by atoms with Gasteiger partial charge in [-0.3, -0.25) is 10.1 Å². The van der Waals surface area contributed by atoms with Gasteiger partial charge in [-0.1, -0.05) is 0 Å². The Morgan fingerprint density at radius 2 is 2.05 bits per heavy atom. The summed E-state index contributed by atoms with van der Waals surface area (Å²) >= 11 is 0. The van der Waals surface area contributed by atoms with E-state index in [-0.39, 0.29) is 19.2 Å². The number of nitro benzene ring substituents is 1. The smallest absolute Gasteiger partial charge is 0.306 e. The highest BCUT2D eigenvalue weighted by atomic mass is 32.2. The Kier molecular flexibility index (Phi) is 4.21. The minimum atomic E-state index is -4.30. The number of halogens is 2. The zero-order valence-electron chi connectivity index (χ0n) is 10.8. The Balaban J connectivity index is 2.54. The summed E-state index contributed by atoms with van der Waals surface area (Å²) in [6.07, 6.45) is 1.09. The zero-order chi connectivity index (χ0) is 15.8. The Bertz CT molecular complexity index is 680. The van der Waals surface area contributed by atoms with Crippen LogP contribution in [0.25, 0.3) is 0 Å². The molecule has 7 nitrogen and oxygen atoms in total. The second-order valence-corrected chi connectivity index (χ2v) is 6.50. The van der Waals surface area contributed by atoms with Crippen molar-refractivity contribution in [1.82, 2.24) is 4.31 Å². The molecule has 2 N–H and O–H groups in total. The monoisotopic (exact) mass is 321 g/mol. The van der Waals surface area contributed by atoms with Crippen LogP contribution in [0.3, 0.4) is 0 Å². The molecule has 10 heteroatoms. The highest BCUT2D eigenvalue weighted by Crippen LogP contribution is 2.30. The van der Waals surface area contributed by atoms with Crippen LogP contribution in [0.1, 0.15) is 12.8 Å². The molecule has 1 unspecified atom stereocenters. The van der Waals surface area contributed by atoms with E-state index in [1.165, 1.54) is 0 Å². The topological polar surface area (TPSA) is 107 Å². The molecule has 1 aliphatic heterocycles. The first-order valence-corrected chi connectivity index (χ1v) is 7.58. The van der Waals surface area contributed by atoms with Crippen molar-refractivity contribution in [2.75, 3.05) is 13.1 Å². The quantitative estimate of drug-likeness (QED) is 0.657. The number of nitro groups is 1. The third-order valence-corrected chi connectivity index (χ3v) is 5.35. The molecule has 0 amide bonds. The molecule has 1 aromatic carbocycles. The van der Waals surface area contributed by atoms with Gasteiger partial charge >= 0.3 is 5.69 Å². The van der Waals surface area contributed by atoms with E-state index < -0.39 is 43.2 Å². The van der Waals surface area contributed by atoms with E-state index in [4.69, 9.17) is 5.73 Å². The fourth-order valence-corrected chi connectivity index (χ4v) is 4.12. The number of rotatable bonds is 4. The van der Waals surface area contributed by atoms with E-state index in [9.17, 15) is 27.3 Å². The Morgan fingerprint density at radius 1 is 1.38 bits per heavy atom. The van der Waals surface area contributed by atoms with Gasteiger partial charge in [0.1, 0.15) is 10.7 Å². The van der Waals surface area contributed by atoms with Crippen LogP contribution in [0.2, 0.25) is 0 Å². The minimum absolute atomic E-state index is 0.0597. The molecular weight excluding hydrogens is 308 g/mol. The fraction of sp³-hybridized carbons (Fsp3) is 0.455. The number of nitrogens with two attached hydrogens (primary N) is 1. The van der Waals surface area contributed by atoms with E-state index in [0.717, 1.165) is 4.31 Å². The summed E-state index contributed by atoms with van der Waals surface area (Å²) in [5.74, 6) is -2.78. The van der Waals surface area contributed by atoms with Crippen LogP contribution in [-0.2, 0) is 10.0 Å². The van der Waals surface area contributed by atoms with Gasteiger partial charge < -0.3 is 5.73 Å². The molecule has 0 radical (unpaired) electrons. The zero-order valence-corrected chi connectivity index (χ0v) is 11.6. The maximum absolute atomic E-state index is 13.8. The molecule has 116 valence electrons. The van der Waals surface area contributed by atoms with Crippen LogP contribution in [0.5, 0.6) is 0 Å². The fourth-order valence-electron chi connectivity index (χ4n) is 2.34. The first kappa shape index (κ1) is 15.7. The third-order valence-electron chi connectivity index (χ3n) is 3.38. The summed E-state index contributed by atoms with van der Waals surface area (Å²) < 4.78 is 52.9. The second-order valence-electron chi connectivity index (χ2n) is 4.64. The summed E-state index contributed by atoms with van der Waals surface area (Å²) in [6, 6.07) is 0.128. The summed E-state index contributed by atoms with van der Waals surface area (Å²) in [7, 11) is -4.30. The van der Waals surface area contributed by atoms with Gasteiger partial charge in [-0.2, -0.15) is 8.70 Å². The van der Waals surface area contributed by atoms with Gasteiger partial charge in [-0.05, 0) is 12.8 Å². The molecular formula is C11H13F2N3O4S. The van der Waals surface area contributed by atoms with Crippen LogP contribution in [0.15, 0.2) is 17.0 Å². The molecule has 1 saturated heterocycles. The molecule has 0 spiro atoms. The van der Waals surface area contributed by atoms with E-state index in [2.05, 4.69) is 0 Å². The van der Waals surface area contributed by atoms with Gasteiger partial charge in [0, 0.05) is 31.3 Å². The number of sulfonamides is 1. The van der Waals surface area contributed by atoms with Crippen LogP contribution in [-0.4, -0.2) is 36.8 Å². The van der Waals surface area contributed by atoms with E-state index in [1.807, 2.05) is 0 Å². The van der Waals surface area contributed by atoms with Crippen molar-refractivity contribution >= 4 is 15.7 Å².